The number of methoxy groups -OCH3 is 1. The molecule has 2 aromatic rings. The quantitative estimate of drug-likeness (QED) is 0.776. The molecule has 0 spiro atoms. The molecule has 19 heavy (non-hydrogen) atoms. The summed E-state index contributed by atoms with van der Waals surface area (Å²) in [5.41, 5.74) is 1.35. The van der Waals surface area contributed by atoms with Crippen molar-refractivity contribution in [2.45, 2.75) is 19.3 Å². The van der Waals surface area contributed by atoms with Crippen molar-refractivity contribution < 1.29 is 9.53 Å². The Hall–Kier alpha value is -2.24. The van der Waals surface area contributed by atoms with Crippen molar-refractivity contribution in [2.24, 2.45) is 7.05 Å². The lowest BCUT2D eigenvalue weighted by atomic mass is 9.98. The number of aryl methyl sites for hydroxylation is 1. The summed E-state index contributed by atoms with van der Waals surface area (Å²) in [6.45, 7) is 2.07. The highest BCUT2D eigenvalue weighted by atomic mass is 16.5. The summed E-state index contributed by atoms with van der Waals surface area (Å²) < 4.78 is 6.56. The van der Waals surface area contributed by atoms with Crippen LogP contribution in [0.1, 0.15) is 34.7 Å². The van der Waals surface area contributed by atoms with Gasteiger partial charge in [-0.3, -0.25) is 0 Å². The third-order valence-corrected chi connectivity index (χ3v) is 3.04. The molecular weight excluding hydrogens is 244 g/mol. The molecule has 6 heteroatoms. The van der Waals surface area contributed by atoms with Crippen LogP contribution in [0.2, 0.25) is 0 Å². The summed E-state index contributed by atoms with van der Waals surface area (Å²) in [6, 6.07) is 3.65. The van der Waals surface area contributed by atoms with Crippen molar-refractivity contribution >= 4 is 5.97 Å². The van der Waals surface area contributed by atoms with Crippen LogP contribution < -0.4 is 0 Å². The number of rotatable bonds is 4. The van der Waals surface area contributed by atoms with Crippen molar-refractivity contribution in [3.63, 3.8) is 0 Å². The largest absolute Gasteiger partial charge is 0.464 e. The Morgan fingerprint density at radius 2 is 2.32 bits per heavy atom. The van der Waals surface area contributed by atoms with E-state index in [1.807, 2.05) is 17.7 Å². The van der Waals surface area contributed by atoms with Gasteiger partial charge >= 0.3 is 5.97 Å². The van der Waals surface area contributed by atoms with Gasteiger partial charge in [-0.05, 0) is 23.6 Å². The van der Waals surface area contributed by atoms with E-state index in [0.29, 0.717) is 5.69 Å². The minimum atomic E-state index is -0.423. The predicted octanol–water partition coefficient (Wildman–Crippen LogP) is 1.34. The fraction of sp³-hybridized carbons (Fsp3) is 0.385. The Labute approximate surface area is 111 Å². The van der Waals surface area contributed by atoms with Crippen molar-refractivity contribution in [3.8, 4) is 0 Å². The molecule has 0 aliphatic heterocycles. The smallest absolute Gasteiger partial charge is 0.356 e. The molecule has 0 aliphatic rings. The first-order chi connectivity index (χ1) is 9.11. The fourth-order valence-electron chi connectivity index (χ4n) is 1.85. The van der Waals surface area contributed by atoms with Crippen LogP contribution in [0, 0.1) is 0 Å². The molecule has 0 N–H and O–H groups in total. The van der Waals surface area contributed by atoms with Crippen LogP contribution in [0.4, 0.5) is 0 Å². The number of hydrogen-bond acceptors (Lipinski definition) is 5. The molecule has 0 amide bonds. The van der Waals surface area contributed by atoms with Gasteiger partial charge in [-0.1, -0.05) is 6.92 Å². The molecule has 0 fully saturated rings. The van der Waals surface area contributed by atoms with E-state index < -0.39 is 5.97 Å². The zero-order chi connectivity index (χ0) is 13.8. The molecule has 0 aliphatic carbocycles. The normalized spacial score (nSPS) is 12.2. The van der Waals surface area contributed by atoms with Gasteiger partial charge in [-0.2, -0.15) is 0 Å². The molecular formula is C13H16N4O2. The van der Waals surface area contributed by atoms with Gasteiger partial charge in [-0.15, -0.1) is 10.2 Å². The van der Waals surface area contributed by atoms with E-state index in [0.717, 1.165) is 17.8 Å². The molecule has 6 nitrogen and oxygen atoms in total. The summed E-state index contributed by atoms with van der Waals surface area (Å²) in [7, 11) is 3.26. The first-order valence-corrected chi connectivity index (χ1v) is 5.99. The molecule has 2 aromatic heterocycles. The maximum atomic E-state index is 11.4. The third kappa shape index (κ3) is 2.96. The van der Waals surface area contributed by atoms with Crippen LogP contribution in [0.15, 0.2) is 24.7 Å². The molecule has 1 atom stereocenters. The maximum absolute atomic E-state index is 11.4. The monoisotopic (exact) mass is 260 g/mol. The standard InChI is InChI=1S/C13H16N4O2/c1-9(6-12-16-15-8-17(12)2)10-4-5-14-11(7-10)13(18)19-3/h4-5,7-9H,6H2,1-3H3/t9-/m1/s1. The number of carbonyl (C=O) groups excluding carboxylic acids is 1. The van der Waals surface area contributed by atoms with Gasteiger partial charge in [0.05, 0.1) is 7.11 Å². The number of nitrogens with zero attached hydrogens (tertiary/aromatic N) is 4. The zero-order valence-electron chi connectivity index (χ0n) is 11.2. The lowest BCUT2D eigenvalue weighted by molar-refractivity contribution is 0.0594. The number of aromatic nitrogens is 4. The Bertz CT molecular complexity index is 580. The summed E-state index contributed by atoms with van der Waals surface area (Å²) in [5.74, 6) is 0.700. The van der Waals surface area contributed by atoms with Crippen LogP contribution >= 0.6 is 0 Å². The van der Waals surface area contributed by atoms with E-state index in [-0.39, 0.29) is 5.92 Å². The second-order valence-corrected chi connectivity index (χ2v) is 4.43. The highest BCUT2D eigenvalue weighted by Gasteiger charge is 2.13. The van der Waals surface area contributed by atoms with Gasteiger partial charge in [0.25, 0.3) is 0 Å². The molecule has 0 bridgehead atoms. The van der Waals surface area contributed by atoms with E-state index >= 15 is 0 Å². The van der Waals surface area contributed by atoms with Crippen LogP contribution in [0.25, 0.3) is 0 Å². The van der Waals surface area contributed by atoms with Gasteiger partial charge in [0.2, 0.25) is 0 Å². The van der Waals surface area contributed by atoms with E-state index in [4.69, 9.17) is 0 Å². The number of carbonyl (C=O) groups is 1. The molecule has 0 aromatic carbocycles. The van der Waals surface area contributed by atoms with Gasteiger partial charge in [0.15, 0.2) is 0 Å². The Kier molecular flexibility index (Phi) is 3.89. The highest BCUT2D eigenvalue weighted by Crippen LogP contribution is 2.19. The van der Waals surface area contributed by atoms with Gasteiger partial charge in [-0.25, -0.2) is 9.78 Å². The minimum Gasteiger partial charge on any atom is -0.464 e. The van der Waals surface area contributed by atoms with Crippen LogP contribution in [0.5, 0.6) is 0 Å². The van der Waals surface area contributed by atoms with Crippen molar-refractivity contribution in [1.82, 2.24) is 19.7 Å². The second-order valence-electron chi connectivity index (χ2n) is 4.43. The molecule has 0 radical (unpaired) electrons. The van der Waals surface area contributed by atoms with E-state index in [1.165, 1.54) is 7.11 Å². The summed E-state index contributed by atoms with van der Waals surface area (Å²) in [6.07, 6.45) is 4.05. The average molecular weight is 260 g/mol. The molecule has 0 saturated heterocycles. The number of hydrogen-bond donors (Lipinski definition) is 0. The number of pyridine rings is 1. The minimum absolute atomic E-state index is 0.217. The van der Waals surface area contributed by atoms with E-state index in [9.17, 15) is 4.79 Å². The summed E-state index contributed by atoms with van der Waals surface area (Å²) in [5, 5.41) is 7.91. The van der Waals surface area contributed by atoms with Crippen molar-refractivity contribution in [1.29, 1.82) is 0 Å². The summed E-state index contributed by atoms with van der Waals surface area (Å²) in [4.78, 5) is 15.4. The van der Waals surface area contributed by atoms with Crippen LogP contribution in [-0.4, -0.2) is 32.8 Å². The predicted molar refractivity (Wildman–Crippen MR) is 68.7 cm³/mol. The SMILES string of the molecule is COC(=O)c1cc([C@H](C)Cc2nncn2C)ccn1. The first kappa shape index (κ1) is 13.2. The maximum Gasteiger partial charge on any atom is 0.356 e. The van der Waals surface area contributed by atoms with Crippen LogP contribution in [-0.2, 0) is 18.2 Å². The molecule has 100 valence electrons. The highest BCUT2D eigenvalue weighted by molar-refractivity contribution is 5.87. The molecule has 0 saturated carbocycles. The molecule has 2 rings (SSSR count). The zero-order valence-corrected chi connectivity index (χ0v) is 11.2. The van der Waals surface area contributed by atoms with Gasteiger partial charge in [0, 0.05) is 19.7 Å². The molecule has 2 heterocycles. The van der Waals surface area contributed by atoms with Gasteiger partial charge in [0.1, 0.15) is 17.8 Å². The third-order valence-electron chi connectivity index (χ3n) is 3.04. The van der Waals surface area contributed by atoms with Gasteiger partial charge < -0.3 is 9.30 Å². The van der Waals surface area contributed by atoms with Crippen molar-refractivity contribution in [3.05, 3.63) is 41.7 Å². The fourth-order valence-corrected chi connectivity index (χ4v) is 1.85. The number of esters is 1. The lowest BCUT2D eigenvalue weighted by Gasteiger charge is -2.11. The average Bonchev–Trinajstić information content (AvgIpc) is 2.83. The Morgan fingerprint density at radius 3 is 2.95 bits per heavy atom. The van der Waals surface area contributed by atoms with Crippen LogP contribution in [0.3, 0.4) is 0 Å². The second kappa shape index (κ2) is 5.60. The summed E-state index contributed by atoms with van der Waals surface area (Å²) >= 11 is 0. The Balaban J connectivity index is 2.17. The van der Waals surface area contributed by atoms with Crippen molar-refractivity contribution in [2.75, 3.05) is 7.11 Å². The number of ether oxygens (including phenoxy) is 1. The van der Waals surface area contributed by atoms with E-state index in [1.54, 1.807) is 18.6 Å². The topological polar surface area (TPSA) is 69.9 Å². The lowest BCUT2D eigenvalue weighted by Crippen LogP contribution is -2.08. The first-order valence-electron chi connectivity index (χ1n) is 5.99. The molecule has 0 unspecified atom stereocenters. The van der Waals surface area contributed by atoms with E-state index in [2.05, 4.69) is 26.8 Å². The Morgan fingerprint density at radius 1 is 1.53 bits per heavy atom.